The molecule has 116 valence electrons. The SMILES string of the molecule is CCCCCCCCOC(=O)C1CCc2ccccc2O1. The molecule has 0 saturated carbocycles. The van der Waals surface area contributed by atoms with Gasteiger partial charge in [-0.3, -0.25) is 0 Å². The van der Waals surface area contributed by atoms with Gasteiger partial charge >= 0.3 is 5.97 Å². The van der Waals surface area contributed by atoms with Crippen LogP contribution < -0.4 is 4.74 Å². The Morgan fingerprint density at radius 1 is 1.19 bits per heavy atom. The summed E-state index contributed by atoms with van der Waals surface area (Å²) in [7, 11) is 0. The molecule has 0 aromatic heterocycles. The molecule has 0 spiro atoms. The van der Waals surface area contributed by atoms with Crippen LogP contribution in [0.25, 0.3) is 0 Å². The van der Waals surface area contributed by atoms with Gasteiger partial charge in [0.2, 0.25) is 0 Å². The highest BCUT2D eigenvalue weighted by molar-refractivity contribution is 5.75. The number of aryl methyl sites for hydroxylation is 1. The fourth-order valence-electron chi connectivity index (χ4n) is 2.64. The lowest BCUT2D eigenvalue weighted by atomic mass is 10.0. The first kappa shape index (κ1) is 15.9. The third-order valence-corrected chi connectivity index (χ3v) is 3.92. The number of hydrogen-bond donors (Lipinski definition) is 0. The molecule has 1 heterocycles. The summed E-state index contributed by atoms with van der Waals surface area (Å²) in [4.78, 5) is 12.0. The van der Waals surface area contributed by atoms with E-state index in [0.717, 1.165) is 25.0 Å². The molecule has 1 unspecified atom stereocenters. The molecular weight excluding hydrogens is 264 g/mol. The Morgan fingerprint density at radius 2 is 1.95 bits per heavy atom. The van der Waals surface area contributed by atoms with E-state index < -0.39 is 6.10 Å². The highest BCUT2D eigenvalue weighted by Crippen LogP contribution is 2.27. The molecule has 21 heavy (non-hydrogen) atoms. The van der Waals surface area contributed by atoms with E-state index in [1.165, 1.54) is 31.2 Å². The van der Waals surface area contributed by atoms with Crippen LogP contribution in [0.5, 0.6) is 5.75 Å². The van der Waals surface area contributed by atoms with Gasteiger partial charge in [0.05, 0.1) is 6.61 Å². The van der Waals surface area contributed by atoms with Gasteiger partial charge in [0.15, 0.2) is 6.10 Å². The van der Waals surface area contributed by atoms with E-state index in [-0.39, 0.29) is 5.97 Å². The van der Waals surface area contributed by atoms with Crippen molar-refractivity contribution in [3.05, 3.63) is 29.8 Å². The molecule has 0 radical (unpaired) electrons. The Balaban J connectivity index is 1.64. The summed E-state index contributed by atoms with van der Waals surface area (Å²) < 4.78 is 11.1. The van der Waals surface area contributed by atoms with E-state index in [2.05, 4.69) is 6.92 Å². The van der Waals surface area contributed by atoms with Gasteiger partial charge in [-0.2, -0.15) is 0 Å². The van der Waals surface area contributed by atoms with Gasteiger partial charge in [-0.05, 0) is 30.9 Å². The highest BCUT2D eigenvalue weighted by Gasteiger charge is 2.26. The van der Waals surface area contributed by atoms with E-state index >= 15 is 0 Å². The molecule has 0 saturated heterocycles. The maximum atomic E-state index is 12.0. The molecule has 3 heteroatoms. The largest absolute Gasteiger partial charge is 0.478 e. The van der Waals surface area contributed by atoms with Crippen molar-refractivity contribution in [1.29, 1.82) is 0 Å². The maximum absolute atomic E-state index is 12.0. The standard InChI is InChI=1S/C18H26O3/c1-2-3-4-5-6-9-14-20-18(19)17-13-12-15-10-7-8-11-16(15)21-17/h7-8,10-11,17H,2-6,9,12-14H2,1H3. The fraction of sp³-hybridized carbons (Fsp3) is 0.611. The lowest BCUT2D eigenvalue weighted by molar-refractivity contribution is -0.152. The molecule has 1 atom stereocenters. The number of ether oxygens (including phenoxy) is 2. The first-order chi connectivity index (χ1) is 10.3. The Bertz CT molecular complexity index is 442. The molecule has 3 nitrogen and oxygen atoms in total. The minimum atomic E-state index is -0.431. The van der Waals surface area contributed by atoms with Crippen LogP contribution >= 0.6 is 0 Å². The predicted octanol–water partition coefficient (Wildman–Crippen LogP) is 4.28. The second kappa shape index (κ2) is 8.71. The van der Waals surface area contributed by atoms with Gasteiger partial charge in [0.1, 0.15) is 5.75 Å². The first-order valence-corrected chi connectivity index (χ1v) is 8.22. The highest BCUT2D eigenvalue weighted by atomic mass is 16.6. The molecule has 0 N–H and O–H groups in total. The summed E-state index contributed by atoms with van der Waals surface area (Å²) in [5.74, 6) is 0.614. The van der Waals surface area contributed by atoms with Gasteiger partial charge in [-0.1, -0.05) is 57.2 Å². The van der Waals surface area contributed by atoms with Crippen LogP contribution in [0.3, 0.4) is 0 Å². The first-order valence-electron chi connectivity index (χ1n) is 8.22. The van der Waals surface area contributed by atoms with E-state index in [0.29, 0.717) is 13.0 Å². The molecule has 1 aromatic carbocycles. The Morgan fingerprint density at radius 3 is 2.81 bits per heavy atom. The van der Waals surface area contributed by atoms with Crippen molar-refractivity contribution in [2.24, 2.45) is 0 Å². The molecule has 1 aromatic rings. The molecule has 0 aliphatic carbocycles. The van der Waals surface area contributed by atoms with E-state index in [1.54, 1.807) is 0 Å². The lowest BCUT2D eigenvalue weighted by Gasteiger charge is -2.24. The van der Waals surface area contributed by atoms with E-state index in [4.69, 9.17) is 9.47 Å². The third kappa shape index (κ3) is 5.07. The van der Waals surface area contributed by atoms with Crippen LogP contribution in [0.2, 0.25) is 0 Å². The monoisotopic (exact) mass is 290 g/mol. The van der Waals surface area contributed by atoms with Gasteiger partial charge < -0.3 is 9.47 Å². The van der Waals surface area contributed by atoms with Crippen molar-refractivity contribution in [3.8, 4) is 5.75 Å². The van der Waals surface area contributed by atoms with Crippen LogP contribution in [0.15, 0.2) is 24.3 Å². The minimum Gasteiger partial charge on any atom is -0.478 e. The topological polar surface area (TPSA) is 35.5 Å². The molecular formula is C18H26O3. The maximum Gasteiger partial charge on any atom is 0.347 e. The van der Waals surface area contributed by atoms with Crippen LogP contribution in [-0.4, -0.2) is 18.7 Å². The number of carbonyl (C=O) groups excluding carboxylic acids is 1. The molecule has 0 bridgehead atoms. The van der Waals surface area contributed by atoms with Crippen molar-refractivity contribution in [3.63, 3.8) is 0 Å². The van der Waals surface area contributed by atoms with Gasteiger partial charge in [0, 0.05) is 0 Å². The Labute approximate surface area is 127 Å². The van der Waals surface area contributed by atoms with Crippen LogP contribution in [-0.2, 0) is 16.0 Å². The number of esters is 1. The number of unbranched alkanes of at least 4 members (excludes halogenated alkanes) is 5. The zero-order valence-electron chi connectivity index (χ0n) is 13.0. The van der Waals surface area contributed by atoms with Crippen molar-refractivity contribution >= 4 is 5.97 Å². The van der Waals surface area contributed by atoms with Crippen molar-refractivity contribution in [2.75, 3.05) is 6.61 Å². The van der Waals surface area contributed by atoms with Crippen molar-refractivity contribution in [2.45, 2.75) is 64.4 Å². The zero-order chi connectivity index (χ0) is 14.9. The summed E-state index contributed by atoms with van der Waals surface area (Å²) in [6.07, 6.45) is 8.34. The summed E-state index contributed by atoms with van der Waals surface area (Å²) in [5, 5.41) is 0. The normalized spacial score (nSPS) is 16.9. The van der Waals surface area contributed by atoms with Gasteiger partial charge in [-0.15, -0.1) is 0 Å². The number of para-hydroxylation sites is 1. The van der Waals surface area contributed by atoms with Crippen LogP contribution in [0, 0.1) is 0 Å². The fourth-order valence-corrected chi connectivity index (χ4v) is 2.64. The van der Waals surface area contributed by atoms with Crippen molar-refractivity contribution < 1.29 is 14.3 Å². The number of carbonyl (C=O) groups is 1. The smallest absolute Gasteiger partial charge is 0.347 e. The lowest BCUT2D eigenvalue weighted by Crippen LogP contribution is -2.33. The zero-order valence-corrected chi connectivity index (χ0v) is 13.0. The van der Waals surface area contributed by atoms with Gasteiger partial charge in [0.25, 0.3) is 0 Å². The molecule has 1 aliphatic heterocycles. The predicted molar refractivity (Wildman–Crippen MR) is 83.5 cm³/mol. The summed E-state index contributed by atoms with van der Waals surface area (Å²) in [6, 6.07) is 7.90. The van der Waals surface area contributed by atoms with Crippen LogP contribution in [0.4, 0.5) is 0 Å². The number of fused-ring (bicyclic) bond motifs is 1. The second-order valence-electron chi connectivity index (χ2n) is 5.69. The summed E-state index contributed by atoms with van der Waals surface area (Å²) in [6.45, 7) is 2.73. The van der Waals surface area contributed by atoms with Gasteiger partial charge in [-0.25, -0.2) is 4.79 Å². The summed E-state index contributed by atoms with van der Waals surface area (Å²) >= 11 is 0. The molecule has 0 fully saturated rings. The van der Waals surface area contributed by atoms with Crippen molar-refractivity contribution in [1.82, 2.24) is 0 Å². The van der Waals surface area contributed by atoms with E-state index in [1.807, 2.05) is 24.3 Å². The minimum absolute atomic E-state index is 0.210. The number of rotatable bonds is 8. The molecule has 2 rings (SSSR count). The average molecular weight is 290 g/mol. The van der Waals surface area contributed by atoms with Crippen LogP contribution in [0.1, 0.15) is 57.4 Å². The quantitative estimate of drug-likeness (QED) is 0.529. The molecule has 1 aliphatic rings. The summed E-state index contributed by atoms with van der Waals surface area (Å²) in [5.41, 5.74) is 1.18. The third-order valence-electron chi connectivity index (χ3n) is 3.92. The number of benzene rings is 1. The number of hydrogen-bond acceptors (Lipinski definition) is 3. The second-order valence-corrected chi connectivity index (χ2v) is 5.69. The molecule has 0 amide bonds. The Kier molecular flexibility index (Phi) is 6.58. The van der Waals surface area contributed by atoms with E-state index in [9.17, 15) is 4.79 Å². The average Bonchev–Trinajstić information content (AvgIpc) is 2.53. The Hall–Kier alpha value is -1.51.